The zero-order valence-corrected chi connectivity index (χ0v) is 11.5. The van der Waals surface area contributed by atoms with Crippen molar-refractivity contribution in [1.29, 1.82) is 0 Å². The standard InChI is InChI=1S/C12H21N3O4/c1-5-6-15(7-9(16)17)11(19)14-8-12(2,3)10(18)13-4/h5H,1,6-8H2,2-4H3,(H,13,18)(H,14,19)(H,16,17). The number of rotatable bonds is 7. The Labute approximate surface area is 112 Å². The second kappa shape index (κ2) is 7.40. The van der Waals surface area contributed by atoms with Crippen LogP contribution in [0.25, 0.3) is 0 Å². The lowest BCUT2D eigenvalue weighted by Gasteiger charge is -2.25. The van der Waals surface area contributed by atoms with Gasteiger partial charge in [0, 0.05) is 20.1 Å². The first-order valence-electron chi connectivity index (χ1n) is 5.82. The van der Waals surface area contributed by atoms with Crippen LogP contribution >= 0.6 is 0 Å². The van der Waals surface area contributed by atoms with E-state index in [-0.39, 0.29) is 19.0 Å². The van der Waals surface area contributed by atoms with E-state index in [4.69, 9.17) is 5.11 Å². The van der Waals surface area contributed by atoms with E-state index in [1.54, 1.807) is 13.8 Å². The molecule has 0 atom stereocenters. The molecule has 0 aromatic rings. The summed E-state index contributed by atoms with van der Waals surface area (Å²) in [4.78, 5) is 35.0. The molecule has 0 spiro atoms. The van der Waals surface area contributed by atoms with E-state index in [9.17, 15) is 14.4 Å². The normalized spacial score (nSPS) is 10.5. The van der Waals surface area contributed by atoms with Crippen molar-refractivity contribution in [3.05, 3.63) is 12.7 Å². The summed E-state index contributed by atoms with van der Waals surface area (Å²) in [6, 6.07) is -0.542. The van der Waals surface area contributed by atoms with Gasteiger partial charge in [0.05, 0.1) is 5.41 Å². The van der Waals surface area contributed by atoms with Gasteiger partial charge in [-0.1, -0.05) is 6.08 Å². The molecule has 0 aromatic carbocycles. The molecular weight excluding hydrogens is 250 g/mol. The summed E-state index contributed by atoms with van der Waals surface area (Å²) in [6.45, 7) is 6.64. The Balaban J connectivity index is 4.52. The fourth-order valence-electron chi connectivity index (χ4n) is 1.37. The second-order valence-electron chi connectivity index (χ2n) is 4.68. The first kappa shape index (κ1) is 16.9. The largest absolute Gasteiger partial charge is 0.480 e. The molecule has 0 radical (unpaired) electrons. The molecular formula is C12H21N3O4. The Hall–Kier alpha value is -2.05. The zero-order chi connectivity index (χ0) is 15.1. The quantitative estimate of drug-likeness (QED) is 0.569. The van der Waals surface area contributed by atoms with Crippen molar-refractivity contribution in [3.8, 4) is 0 Å². The molecule has 7 nitrogen and oxygen atoms in total. The highest BCUT2D eigenvalue weighted by Gasteiger charge is 2.28. The molecule has 19 heavy (non-hydrogen) atoms. The third-order valence-corrected chi connectivity index (χ3v) is 2.49. The maximum absolute atomic E-state index is 11.8. The number of carboxylic acids is 1. The van der Waals surface area contributed by atoms with Crippen LogP contribution in [0, 0.1) is 5.41 Å². The van der Waals surface area contributed by atoms with E-state index in [2.05, 4.69) is 17.2 Å². The summed E-state index contributed by atoms with van der Waals surface area (Å²) in [7, 11) is 1.51. The number of hydrogen-bond donors (Lipinski definition) is 3. The molecule has 0 aromatic heterocycles. The number of nitrogens with zero attached hydrogens (tertiary/aromatic N) is 1. The Morgan fingerprint density at radius 2 is 1.95 bits per heavy atom. The van der Waals surface area contributed by atoms with E-state index in [0.717, 1.165) is 4.90 Å². The second-order valence-corrected chi connectivity index (χ2v) is 4.68. The number of carboxylic acid groups (broad SMARTS) is 1. The maximum Gasteiger partial charge on any atom is 0.323 e. The minimum absolute atomic E-state index is 0.110. The first-order chi connectivity index (χ1) is 8.74. The molecule has 0 saturated carbocycles. The molecule has 0 fully saturated rings. The highest BCUT2D eigenvalue weighted by molar-refractivity contribution is 5.84. The molecule has 3 amide bonds. The predicted molar refractivity (Wildman–Crippen MR) is 70.7 cm³/mol. The minimum atomic E-state index is -1.11. The Morgan fingerprint density at radius 3 is 2.37 bits per heavy atom. The van der Waals surface area contributed by atoms with Gasteiger partial charge in [0.2, 0.25) is 5.91 Å². The summed E-state index contributed by atoms with van der Waals surface area (Å²) in [6.07, 6.45) is 1.44. The molecule has 0 bridgehead atoms. The molecule has 0 aliphatic rings. The predicted octanol–water partition coefficient (Wildman–Crippen LogP) is 0.0408. The molecule has 0 rings (SSSR count). The van der Waals surface area contributed by atoms with Crippen molar-refractivity contribution in [2.75, 3.05) is 26.7 Å². The van der Waals surface area contributed by atoms with Crippen molar-refractivity contribution in [1.82, 2.24) is 15.5 Å². The molecule has 0 heterocycles. The lowest BCUT2D eigenvalue weighted by molar-refractivity contribution is -0.137. The van der Waals surface area contributed by atoms with E-state index in [1.807, 2.05) is 0 Å². The monoisotopic (exact) mass is 271 g/mol. The van der Waals surface area contributed by atoms with Crippen molar-refractivity contribution in [3.63, 3.8) is 0 Å². The molecule has 0 saturated heterocycles. The molecule has 0 aliphatic heterocycles. The fourth-order valence-corrected chi connectivity index (χ4v) is 1.37. The van der Waals surface area contributed by atoms with Crippen molar-refractivity contribution < 1.29 is 19.5 Å². The van der Waals surface area contributed by atoms with Crippen molar-refractivity contribution in [2.45, 2.75) is 13.8 Å². The van der Waals surface area contributed by atoms with Gasteiger partial charge in [-0.15, -0.1) is 6.58 Å². The van der Waals surface area contributed by atoms with E-state index >= 15 is 0 Å². The van der Waals surface area contributed by atoms with Crippen LogP contribution in [0.5, 0.6) is 0 Å². The summed E-state index contributed by atoms with van der Waals surface area (Å²) in [5.41, 5.74) is -0.770. The van der Waals surface area contributed by atoms with Gasteiger partial charge in [-0.25, -0.2) is 4.79 Å². The van der Waals surface area contributed by atoms with Gasteiger partial charge in [0.25, 0.3) is 0 Å². The summed E-state index contributed by atoms with van der Waals surface area (Å²) in [5, 5.41) is 13.7. The topological polar surface area (TPSA) is 98.7 Å². The molecule has 3 N–H and O–H groups in total. The van der Waals surface area contributed by atoms with Crippen LogP contribution in [0.2, 0.25) is 0 Å². The van der Waals surface area contributed by atoms with Crippen LogP contribution in [-0.4, -0.2) is 54.6 Å². The Kier molecular flexibility index (Phi) is 6.60. The first-order valence-corrected chi connectivity index (χ1v) is 5.82. The molecule has 0 aliphatic carbocycles. The summed E-state index contributed by atoms with van der Waals surface area (Å²) >= 11 is 0. The molecule has 108 valence electrons. The summed E-state index contributed by atoms with van der Waals surface area (Å²) < 4.78 is 0. The van der Waals surface area contributed by atoms with Crippen LogP contribution in [0.1, 0.15) is 13.8 Å². The van der Waals surface area contributed by atoms with Crippen LogP contribution in [-0.2, 0) is 9.59 Å². The van der Waals surface area contributed by atoms with Crippen LogP contribution in [0.15, 0.2) is 12.7 Å². The Bertz CT molecular complexity index is 366. The van der Waals surface area contributed by atoms with Crippen molar-refractivity contribution in [2.24, 2.45) is 5.41 Å². The fraction of sp³-hybridized carbons (Fsp3) is 0.583. The smallest absolute Gasteiger partial charge is 0.323 e. The zero-order valence-electron chi connectivity index (χ0n) is 11.5. The average molecular weight is 271 g/mol. The van der Waals surface area contributed by atoms with E-state index < -0.39 is 24.0 Å². The number of carbonyl (C=O) groups excluding carboxylic acids is 2. The van der Waals surface area contributed by atoms with Gasteiger partial charge >= 0.3 is 12.0 Å². The van der Waals surface area contributed by atoms with Crippen LogP contribution in [0.4, 0.5) is 4.79 Å². The van der Waals surface area contributed by atoms with Gasteiger partial charge in [0.1, 0.15) is 6.54 Å². The number of urea groups is 1. The molecule has 0 unspecified atom stereocenters. The number of hydrogen-bond acceptors (Lipinski definition) is 3. The molecule has 7 heteroatoms. The van der Waals surface area contributed by atoms with Gasteiger partial charge in [-0.05, 0) is 13.8 Å². The SMILES string of the molecule is C=CCN(CC(=O)O)C(=O)NCC(C)(C)C(=O)NC. The highest BCUT2D eigenvalue weighted by Crippen LogP contribution is 2.13. The number of carbonyl (C=O) groups is 3. The average Bonchev–Trinajstić information content (AvgIpc) is 2.33. The van der Waals surface area contributed by atoms with E-state index in [1.165, 1.54) is 13.1 Å². The van der Waals surface area contributed by atoms with Gasteiger partial charge in [-0.2, -0.15) is 0 Å². The van der Waals surface area contributed by atoms with Crippen LogP contribution in [0.3, 0.4) is 0 Å². The van der Waals surface area contributed by atoms with E-state index in [0.29, 0.717) is 0 Å². The lowest BCUT2D eigenvalue weighted by atomic mass is 9.92. The van der Waals surface area contributed by atoms with Crippen molar-refractivity contribution >= 4 is 17.9 Å². The summed E-state index contributed by atoms with van der Waals surface area (Å²) in [5.74, 6) is -1.32. The third kappa shape index (κ3) is 5.89. The third-order valence-electron chi connectivity index (χ3n) is 2.49. The van der Waals surface area contributed by atoms with Gasteiger partial charge in [-0.3, -0.25) is 9.59 Å². The van der Waals surface area contributed by atoms with Gasteiger partial charge in [0.15, 0.2) is 0 Å². The number of nitrogens with one attached hydrogen (secondary N) is 2. The maximum atomic E-state index is 11.8. The number of aliphatic carboxylic acids is 1. The Morgan fingerprint density at radius 1 is 1.37 bits per heavy atom. The van der Waals surface area contributed by atoms with Gasteiger partial charge < -0.3 is 20.6 Å². The highest BCUT2D eigenvalue weighted by atomic mass is 16.4. The number of amides is 3. The minimum Gasteiger partial charge on any atom is -0.480 e. The van der Waals surface area contributed by atoms with Crippen LogP contribution < -0.4 is 10.6 Å². The lowest BCUT2D eigenvalue weighted by Crippen LogP contribution is -2.48.